The van der Waals surface area contributed by atoms with Gasteiger partial charge < -0.3 is 20.5 Å². The van der Waals surface area contributed by atoms with E-state index >= 15 is 0 Å². The maximum atomic E-state index is 13.2. The van der Waals surface area contributed by atoms with Crippen LogP contribution in [0.5, 0.6) is 5.75 Å². The Balaban J connectivity index is 2.13. The molecule has 1 rings (SSSR count). The Morgan fingerprint density at radius 1 is 1.42 bits per heavy atom. The lowest BCUT2D eigenvalue weighted by atomic mass is 10.3. The van der Waals surface area contributed by atoms with E-state index in [1.54, 1.807) is 12.1 Å². The van der Waals surface area contributed by atoms with Crippen LogP contribution in [0.4, 0.5) is 4.39 Å². The molecule has 1 aromatic rings. The van der Waals surface area contributed by atoms with Gasteiger partial charge in [0.1, 0.15) is 12.7 Å². The van der Waals surface area contributed by atoms with Gasteiger partial charge >= 0.3 is 0 Å². The van der Waals surface area contributed by atoms with Gasteiger partial charge in [0.05, 0.1) is 0 Å². The first kappa shape index (κ1) is 15.4. The minimum atomic E-state index is -0.739. The second kappa shape index (κ2) is 8.44. The number of ether oxygens (including phenoxy) is 1. The zero-order valence-electron chi connectivity index (χ0n) is 10.9. The Bertz CT molecular complexity index is 401. The molecule has 1 amide bonds. The molecule has 3 N–H and O–H groups in total. The van der Waals surface area contributed by atoms with E-state index in [1.165, 1.54) is 19.1 Å². The van der Waals surface area contributed by atoms with Crippen LogP contribution in [0.3, 0.4) is 0 Å². The molecular formula is C13H19FN2O3. The minimum Gasteiger partial charge on any atom is -0.488 e. The molecule has 5 nitrogen and oxygen atoms in total. The summed E-state index contributed by atoms with van der Waals surface area (Å²) in [6, 6.07) is 6.04. The summed E-state index contributed by atoms with van der Waals surface area (Å²) < 4.78 is 18.4. The van der Waals surface area contributed by atoms with Crippen molar-refractivity contribution in [2.45, 2.75) is 13.0 Å². The highest BCUT2D eigenvalue weighted by Crippen LogP contribution is 2.15. The smallest absolute Gasteiger partial charge is 0.216 e. The average Bonchev–Trinajstić information content (AvgIpc) is 2.37. The zero-order chi connectivity index (χ0) is 14.1. The molecule has 0 fully saturated rings. The summed E-state index contributed by atoms with van der Waals surface area (Å²) >= 11 is 0. The Morgan fingerprint density at radius 2 is 2.16 bits per heavy atom. The second-order valence-corrected chi connectivity index (χ2v) is 4.08. The Hall–Kier alpha value is -1.66. The maximum Gasteiger partial charge on any atom is 0.216 e. The fourth-order valence-corrected chi connectivity index (χ4v) is 1.40. The lowest BCUT2D eigenvalue weighted by Crippen LogP contribution is -2.36. The third-order valence-corrected chi connectivity index (χ3v) is 2.32. The quantitative estimate of drug-likeness (QED) is 0.594. The Morgan fingerprint density at radius 3 is 2.84 bits per heavy atom. The summed E-state index contributed by atoms with van der Waals surface area (Å²) in [4.78, 5) is 10.6. The van der Waals surface area contributed by atoms with Gasteiger partial charge in [-0.2, -0.15) is 0 Å². The van der Waals surface area contributed by atoms with Gasteiger partial charge in [0.25, 0.3) is 0 Å². The zero-order valence-corrected chi connectivity index (χ0v) is 10.9. The van der Waals surface area contributed by atoms with Crippen LogP contribution in [0, 0.1) is 5.82 Å². The molecule has 0 saturated heterocycles. The standard InChI is InChI=1S/C13H19FN2O3/c1-10(17)16-7-6-15-8-11(18)9-19-13-5-3-2-4-12(13)14/h2-5,11,15,18H,6-9H2,1H3,(H,16,17). The maximum absolute atomic E-state index is 13.2. The summed E-state index contributed by atoms with van der Waals surface area (Å²) in [6.07, 6.45) is -0.739. The molecule has 0 saturated carbocycles. The van der Waals surface area contributed by atoms with Crippen molar-refractivity contribution in [3.8, 4) is 5.75 Å². The summed E-state index contributed by atoms with van der Waals surface area (Å²) in [6.45, 7) is 2.81. The average molecular weight is 270 g/mol. The van der Waals surface area contributed by atoms with Crippen molar-refractivity contribution < 1.29 is 19.0 Å². The Labute approximate surface area is 111 Å². The summed E-state index contributed by atoms with van der Waals surface area (Å²) in [5.41, 5.74) is 0. The molecule has 1 atom stereocenters. The molecule has 106 valence electrons. The van der Waals surface area contributed by atoms with Gasteiger partial charge in [-0.1, -0.05) is 12.1 Å². The monoisotopic (exact) mass is 270 g/mol. The van der Waals surface area contributed by atoms with Gasteiger partial charge in [-0.3, -0.25) is 4.79 Å². The van der Waals surface area contributed by atoms with Gasteiger partial charge in [0.15, 0.2) is 11.6 Å². The van der Waals surface area contributed by atoms with Gasteiger partial charge in [0, 0.05) is 26.6 Å². The molecule has 0 bridgehead atoms. The highest BCUT2D eigenvalue weighted by molar-refractivity contribution is 5.72. The first-order chi connectivity index (χ1) is 9.09. The van der Waals surface area contributed by atoms with E-state index in [0.29, 0.717) is 19.6 Å². The number of aliphatic hydroxyl groups excluding tert-OH is 1. The molecule has 1 unspecified atom stereocenters. The third-order valence-electron chi connectivity index (χ3n) is 2.32. The fourth-order valence-electron chi connectivity index (χ4n) is 1.40. The van der Waals surface area contributed by atoms with E-state index in [0.717, 1.165) is 0 Å². The molecule has 0 radical (unpaired) electrons. The summed E-state index contributed by atoms with van der Waals surface area (Å²) in [5, 5.41) is 15.2. The van der Waals surface area contributed by atoms with Crippen LogP contribution in [0.2, 0.25) is 0 Å². The number of amides is 1. The minimum absolute atomic E-state index is 0.00801. The molecule has 0 aliphatic rings. The summed E-state index contributed by atoms with van der Waals surface area (Å²) in [5.74, 6) is -0.418. The molecule has 0 aliphatic carbocycles. The SMILES string of the molecule is CC(=O)NCCNCC(O)COc1ccccc1F. The van der Waals surface area contributed by atoms with Crippen molar-refractivity contribution in [3.05, 3.63) is 30.1 Å². The third kappa shape index (κ3) is 6.73. The largest absolute Gasteiger partial charge is 0.488 e. The number of nitrogens with one attached hydrogen (secondary N) is 2. The van der Waals surface area contributed by atoms with Crippen LogP contribution in [0.1, 0.15) is 6.92 Å². The number of halogens is 1. The first-order valence-corrected chi connectivity index (χ1v) is 6.10. The van der Waals surface area contributed by atoms with E-state index in [4.69, 9.17) is 4.74 Å². The van der Waals surface area contributed by atoms with Crippen LogP contribution in [0.25, 0.3) is 0 Å². The number of rotatable bonds is 8. The number of benzene rings is 1. The van der Waals surface area contributed by atoms with E-state index < -0.39 is 11.9 Å². The van der Waals surface area contributed by atoms with Crippen molar-refractivity contribution >= 4 is 5.91 Å². The molecule has 1 aromatic carbocycles. The van der Waals surface area contributed by atoms with Crippen LogP contribution < -0.4 is 15.4 Å². The van der Waals surface area contributed by atoms with Gasteiger partial charge in [0.2, 0.25) is 5.91 Å². The topological polar surface area (TPSA) is 70.6 Å². The number of carbonyl (C=O) groups excluding carboxylic acids is 1. The Kier molecular flexibility index (Phi) is 6.84. The molecular weight excluding hydrogens is 251 g/mol. The van der Waals surface area contributed by atoms with Gasteiger partial charge in [-0.05, 0) is 12.1 Å². The molecule has 0 heterocycles. The highest BCUT2D eigenvalue weighted by atomic mass is 19.1. The highest BCUT2D eigenvalue weighted by Gasteiger charge is 2.07. The van der Waals surface area contributed by atoms with Gasteiger partial charge in [-0.25, -0.2) is 4.39 Å². The van der Waals surface area contributed by atoms with Crippen LogP contribution in [-0.4, -0.2) is 43.4 Å². The number of para-hydroxylation sites is 1. The predicted octanol–water partition coefficient (Wildman–Crippen LogP) is 0.291. The van der Waals surface area contributed by atoms with Crippen molar-refractivity contribution in [1.82, 2.24) is 10.6 Å². The predicted molar refractivity (Wildman–Crippen MR) is 69.5 cm³/mol. The van der Waals surface area contributed by atoms with Crippen LogP contribution in [-0.2, 0) is 4.79 Å². The van der Waals surface area contributed by atoms with Crippen molar-refractivity contribution in [2.75, 3.05) is 26.2 Å². The fraction of sp³-hybridized carbons (Fsp3) is 0.462. The molecule has 19 heavy (non-hydrogen) atoms. The number of aliphatic hydroxyl groups is 1. The molecule has 0 aliphatic heterocycles. The molecule has 0 spiro atoms. The van der Waals surface area contributed by atoms with Crippen molar-refractivity contribution in [3.63, 3.8) is 0 Å². The van der Waals surface area contributed by atoms with Crippen molar-refractivity contribution in [1.29, 1.82) is 0 Å². The number of hydrogen-bond acceptors (Lipinski definition) is 4. The second-order valence-electron chi connectivity index (χ2n) is 4.08. The van der Waals surface area contributed by atoms with E-state index in [2.05, 4.69) is 10.6 Å². The first-order valence-electron chi connectivity index (χ1n) is 6.10. The van der Waals surface area contributed by atoms with Crippen LogP contribution in [0.15, 0.2) is 24.3 Å². The van der Waals surface area contributed by atoms with E-state index in [9.17, 15) is 14.3 Å². The number of carbonyl (C=O) groups is 1. The normalized spacial score (nSPS) is 11.9. The van der Waals surface area contributed by atoms with E-state index in [-0.39, 0.29) is 18.3 Å². The molecule has 0 aromatic heterocycles. The van der Waals surface area contributed by atoms with E-state index in [1.807, 2.05) is 0 Å². The van der Waals surface area contributed by atoms with Crippen molar-refractivity contribution in [2.24, 2.45) is 0 Å². The number of hydrogen-bond donors (Lipinski definition) is 3. The lowest BCUT2D eigenvalue weighted by molar-refractivity contribution is -0.118. The summed E-state index contributed by atoms with van der Waals surface area (Å²) in [7, 11) is 0. The molecule has 6 heteroatoms. The van der Waals surface area contributed by atoms with Crippen LogP contribution >= 0.6 is 0 Å². The lowest BCUT2D eigenvalue weighted by Gasteiger charge is -2.13. The van der Waals surface area contributed by atoms with Gasteiger partial charge in [-0.15, -0.1) is 0 Å².